The zero-order chi connectivity index (χ0) is 15.7. The van der Waals surface area contributed by atoms with Crippen LogP contribution in [0.1, 0.15) is 57.2 Å². The fraction of sp³-hybridized carbons (Fsp3) is 0.800. The Morgan fingerprint density at radius 2 is 1.81 bits per heavy atom. The Morgan fingerprint density at radius 1 is 1.19 bits per heavy atom. The molecule has 0 saturated heterocycles. The van der Waals surface area contributed by atoms with Gasteiger partial charge in [0, 0.05) is 23.4 Å². The summed E-state index contributed by atoms with van der Waals surface area (Å²) in [5.41, 5.74) is 1.04. The zero-order valence-electron chi connectivity index (χ0n) is 12.8. The largest absolute Gasteiger partial charge is 0.391 e. The van der Waals surface area contributed by atoms with E-state index in [9.17, 15) is 13.2 Å². The highest BCUT2D eigenvalue weighted by atomic mass is 32.1. The second kappa shape index (κ2) is 6.24. The summed E-state index contributed by atoms with van der Waals surface area (Å²) < 4.78 is 37.8. The maximum Gasteiger partial charge on any atom is 0.391 e. The summed E-state index contributed by atoms with van der Waals surface area (Å²) in [6, 6.07) is 0.184. The average Bonchev–Trinajstić information content (AvgIpc) is 2.84. The number of halogens is 3. The van der Waals surface area contributed by atoms with E-state index in [1.807, 2.05) is 5.38 Å². The lowest BCUT2D eigenvalue weighted by atomic mass is 9.85. The van der Waals surface area contributed by atoms with Crippen LogP contribution in [-0.2, 0) is 12.0 Å². The van der Waals surface area contributed by atoms with Gasteiger partial charge in [-0.1, -0.05) is 20.8 Å². The second-order valence-corrected chi connectivity index (χ2v) is 7.72. The summed E-state index contributed by atoms with van der Waals surface area (Å²) in [7, 11) is 0. The third kappa shape index (κ3) is 4.68. The molecule has 21 heavy (non-hydrogen) atoms. The summed E-state index contributed by atoms with van der Waals surface area (Å²) in [6.07, 6.45) is -2.35. The Balaban J connectivity index is 1.79. The van der Waals surface area contributed by atoms with Gasteiger partial charge in [0.05, 0.1) is 16.6 Å². The molecule has 6 heteroatoms. The first-order valence-corrected chi connectivity index (χ1v) is 8.29. The first kappa shape index (κ1) is 16.7. The van der Waals surface area contributed by atoms with Crippen LogP contribution in [0.4, 0.5) is 13.2 Å². The van der Waals surface area contributed by atoms with Crippen molar-refractivity contribution >= 4 is 11.3 Å². The van der Waals surface area contributed by atoms with Crippen molar-refractivity contribution < 1.29 is 13.2 Å². The fourth-order valence-electron chi connectivity index (χ4n) is 2.61. The van der Waals surface area contributed by atoms with Gasteiger partial charge in [0.1, 0.15) is 0 Å². The standard InChI is InChI=1S/C15H23F3N2S/c1-14(2,3)13-20-12(9-21-13)8-19-11-6-4-10(5-7-11)15(16,17)18/h9-11,19H,4-8H2,1-3H3. The minimum atomic E-state index is -4.03. The summed E-state index contributed by atoms with van der Waals surface area (Å²) >= 11 is 1.65. The van der Waals surface area contributed by atoms with E-state index in [1.54, 1.807) is 11.3 Å². The zero-order valence-corrected chi connectivity index (χ0v) is 13.6. The Labute approximate surface area is 128 Å². The molecule has 0 aromatic carbocycles. The molecule has 1 aromatic rings. The predicted octanol–water partition coefficient (Wildman–Crippen LogP) is 4.65. The SMILES string of the molecule is CC(C)(C)c1nc(CNC2CCC(C(F)(F)F)CC2)cs1. The molecule has 2 rings (SSSR count). The third-order valence-electron chi connectivity index (χ3n) is 3.96. The monoisotopic (exact) mass is 320 g/mol. The Hall–Kier alpha value is -0.620. The molecule has 120 valence electrons. The van der Waals surface area contributed by atoms with Crippen LogP contribution in [0.3, 0.4) is 0 Å². The second-order valence-electron chi connectivity index (χ2n) is 6.87. The molecule has 1 aliphatic carbocycles. The molecule has 0 bridgehead atoms. The molecule has 1 N–H and O–H groups in total. The van der Waals surface area contributed by atoms with Crippen molar-refractivity contribution in [3.63, 3.8) is 0 Å². The van der Waals surface area contributed by atoms with E-state index >= 15 is 0 Å². The van der Waals surface area contributed by atoms with E-state index in [2.05, 4.69) is 31.1 Å². The first-order chi connectivity index (χ1) is 9.66. The van der Waals surface area contributed by atoms with Gasteiger partial charge in [-0.2, -0.15) is 13.2 Å². The van der Waals surface area contributed by atoms with Crippen molar-refractivity contribution in [2.75, 3.05) is 0 Å². The van der Waals surface area contributed by atoms with E-state index in [4.69, 9.17) is 0 Å². The number of thiazole rings is 1. The van der Waals surface area contributed by atoms with E-state index in [0.717, 1.165) is 10.7 Å². The van der Waals surface area contributed by atoms with Crippen molar-refractivity contribution in [2.24, 2.45) is 5.92 Å². The number of aromatic nitrogens is 1. The van der Waals surface area contributed by atoms with E-state index in [-0.39, 0.29) is 24.3 Å². The van der Waals surface area contributed by atoms with Crippen LogP contribution >= 0.6 is 11.3 Å². The van der Waals surface area contributed by atoms with Gasteiger partial charge in [-0.05, 0) is 25.7 Å². The Kier molecular flexibility index (Phi) is 4.98. The smallest absolute Gasteiger partial charge is 0.308 e. The lowest BCUT2D eigenvalue weighted by molar-refractivity contribution is -0.182. The highest BCUT2D eigenvalue weighted by Gasteiger charge is 2.41. The van der Waals surface area contributed by atoms with Gasteiger partial charge in [-0.15, -0.1) is 11.3 Å². The molecule has 1 heterocycles. The topological polar surface area (TPSA) is 24.9 Å². The molecule has 2 nitrogen and oxygen atoms in total. The first-order valence-electron chi connectivity index (χ1n) is 7.41. The summed E-state index contributed by atoms with van der Waals surface area (Å²) in [6.45, 7) is 7.03. The van der Waals surface area contributed by atoms with Crippen LogP contribution in [0, 0.1) is 5.92 Å². The maximum atomic E-state index is 12.6. The van der Waals surface area contributed by atoms with E-state index in [1.165, 1.54) is 0 Å². The summed E-state index contributed by atoms with van der Waals surface area (Å²) in [5.74, 6) is -1.11. The van der Waals surface area contributed by atoms with E-state index in [0.29, 0.717) is 19.4 Å². The third-order valence-corrected chi connectivity index (χ3v) is 5.27. The van der Waals surface area contributed by atoms with Gasteiger partial charge < -0.3 is 5.32 Å². The van der Waals surface area contributed by atoms with Gasteiger partial charge in [0.15, 0.2) is 0 Å². The lowest BCUT2D eigenvalue weighted by Gasteiger charge is -2.30. The van der Waals surface area contributed by atoms with Crippen LogP contribution in [0.2, 0.25) is 0 Å². The van der Waals surface area contributed by atoms with Crippen LogP contribution in [-0.4, -0.2) is 17.2 Å². The molecule has 0 aliphatic heterocycles. The molecule has 0 atom stereocenters. The molecule has 1 aromatic heterocycles. The van der Waals surface area contributed by atoms with Gasteiger partial charge in [0.25, 0.3) is 0 Å². The molecule has 0 radical (unpaired) electrons. The minimum absolute atomic E-state index is 0.0493. The Bertz CT molecular complexity index is 454. The van der Waals surface area contributed by atoms with Crippen molar-refractivity contribution in [3.05, 3.63) is 16.1 Å². The van der Waals surface area contributed by atoms with Gasteiger partial charge in [0.2, 0.25) is 0 Å². The maximum absolute atomic E-state index is 12.6. The lowest BCUT2D eigenvalue weighted by Crippen LogP contribution is -2.36. The van der Waals surface area contributed by atoms with E-state index < -0.39 is 12.1 Å². The van der Waals surface area contributed by atoms with Gasteiger partial charge >= 0.3 is 6.18 Å². The predicted molar refractivity (Wildman–Crippen MR) is 79.5 cm³/mol. The average molecular weight is 320 g/mol. The van der Waals surface area contributed by atoms with Crippen molar-refractivity contribution in [1.82, 2.24) is 10.3 Å². The number of hydrogen-bond donors (Lipinski definition) is 1. The molecular formula is C15H23F3N2S. The molecule has 1 aliphatic rings. The molecule has 1 fully saturated rings. The number of alkyl halides is 3. The van der Waals surface area contributed by atoms with Gasteiger partial charge in [-0.25, -0.2) is 4.98 Å². The molecule has 1 saturated carbocycles. The number of nitrogens with zero attached hydrogens (tertiary/aromatic N) is 1. The summed E-state index contributed by atoms with van der Waals surface area (Å²) in [5, 5.41) is 6.49. The van der Waals surface area contributed by atoms with Crippen LogP contribution in [0.25, 0.3) is 0 Å². The number of nitrogens with one attached hydrogen (secondary N) is 1. The van der Waals surface area contributed by atoms with Crippen LogP contribution < -0.4 is 5.32 Å². The molecular weight excluding hydrogens is 297 g/mol. The Morgan fingerprint density at radius 3 is 2.29 bits per heavy atom. The number of rotatable bonds is 3. The minimum Gasteiger partial charge on any atom is -0.308 e. The summed E-state index contributed by atoms with van der Waals surface area (Å²) in [4.78, 5) is 4.60. The van der Waals surface area contributed by atoms with Crippen LogP contribution in [0.5, 0.6) is 0 Å². The quantitative estimate of drug-likeness (QED) is 0.877. The normalized spacial score (nSPS) is 24.3. The number of hydrogen-bond acceptors (Lipinski definition) is 3. The van der Waals surface area contributed by atoms with Crippen molar-refractivity contribution in [2.45, 2.75) is 70.6 Å². The highest BCUT2D eigenvalue weighted by molar-refractivity contribution is 7.09. The van der Waals surface area contributed by atoms with Crippen molar-refractivity contribution in [1.29, 1.82) is 0 Å². The molecule has 0 spiro atoms. The van der Waals surface area contributed by atoms with Crippen molar-refractivity contribution in [3.8, 4) is 0 Å². The van der Waals surface area contributed by atoms with Crippen LogP contribution in [0.15, 0.2) is 5.38 Å². The highest BCUT2D eigenvalue weighted by Crippen LogP contribution is 2.37. The molecule has 0 amide bonds. The fourth-order valence-corrected chi connectivity index (χ4v) is 3.51. The molecule has 0 unspecified atom stereocenters. The van der Waals surface area contributed by atoms with Gasteiger partial charge in [-0.3, -0.25) is 0 Å².